The van der Waals surface area contributed by atoms with E-state index in [1.165, 1.54) is 4.90 Å². The lowest BCUT2D eigenvalue weighted by molar-refractivity contribution is 0.0117. The average molecular weight is 360 g/mol. The van der Waals surface area contributed by atoms with Crippen molar-refractivity contribution in [2.75, 3.05) is 6.54 Å². The maximum Gasteiger partial charge on any atom is 0.267 e. The number of halogens is 2. The molecule has 1 saturated carbocycles. The molecule has 1 amide bonds. The number of benzene rings is 1. The Labute approximate surface area is 151 Å². The number of alkyl halides is 2. The summed E-state index contributed by atoms with van der Waals surface area (Å²) in [5.74, 6) is -2.26. The van der Waals surface area contributed by atoms with Gasteiger partial charge in [0, 0.05) is 18.5 Å². The normalized spacial score (nSPS) is 22.0. The van der Waals surface area contributed by atoms with Gasteiger partial charge >= 0.3 is 0 Å². The van der Waals surface area contributed by atoms with E-state index in [4.69, 9.17) is 0 Å². The molecule has 1 atom stereocenters. The van der Waals surface area contributed by atoms with Crippen LogP contribution in [-0.2, 0) is 6.54 Å². The first-order valence-corrected chi connectivity index (χ1v) is 8.98. The lowest BCUT2D eigenvalue weighted by Crippen LogP contribution is -2.34. The van der Waals surface area contributed by atoms with Crippen molar-refractivity contribution in [1.29, 1.82) is 0 Å². The van der Waals surface area contributed by atoms with Gasteiger partial charge in [0.1, 0.15) is 6.33 Å². The molecule has 0 unspecified atom stereocenters. The van der Waals surface area contributed by atoms with Crippen molar-refractivity contribution in [2.45, 2.75) is 51.6 Å². The zero-order chi connectivity index (χ0) is 18.5. The van der Waals surface area contributed by atoms with Gasteiger partial charge in [-0.3, -0.25) is 4.79 Å². The second-order valence-corrected chi connectivity index (χ2v) is 7.61. The fraction of sp³-hybridized carbons (Fsp3) is 0.526. The number of carbonyl (C=O) groups excluding carboxylic acids is 1. The van der Waals surface area contributed by atoms with Crippen molar-refractivity contribution in [3.05, 3.63) is 47.0 Å². The van der Waals surface area contributed by atoms with E-state index in [0.29, 0.717) is 17.3 Å². The van der Waals surface area contributed by atoms with Crippen molar-refractivity contribution in [1.82, 2.24) is 19.7 Å². The summed E-state index contributed by atoms with van der Waals surface area (Å²) in [6, 6.07) is 4.69. The number of rotatable bonds is 4. The maximum absolute atomic E-state index is 14.2. The van der Waals surface area contributed by atoms with Crippen LogP contribution >= 0.6 is 0 Å². The Hall–Kier alpha value is -2.31. The minimum Gasteiger partial charge on any atom is -0.322 e. The Morgan fingerprint density at radius 2 is 2.08 bits per heavy atom. The van der Waals surface area contributed by atoms with Crippen LogP contribution in [0.1, 0.15) is 52.6 Å². The van der Waals surface area contributed by atoms with Gasteiger partial charge in [-0.1, -0.05) is 17.7 Å². The molecule has 1 saturated heterocycles. The van der Waals surface area contributed by atoms with Gasteiger partial charge in [0.05, 0.1) is 12.6 Å². The summed E-state index contributed by atoms with van der Waals surface area (Å²) in [6.45, 7) is 3.92. The maximum atomic E-state index is 14.2. The molecule has 1 aromatic heterocycles. The summed E-state index contributed by atoms with van der Waals surface area (Å²) in [7, 11) is 0. The molecule has 1 aliphatic heterocycles. The number of hydrogen-bond donors (Lipinski definition) is 0. The minimum absolute atomic E-state index is 0.370. The Morgan fingerprint density at radius 3 is 2.77 bits per heavy atom. The van der Waals surface area contributed by atoms with E-state index >= 15 is 0 Å². The number of carbonyl (C=O) groups is 1. The van der Waals surface area contributed by atoms with Gasteiger partial charge in [0.2, 0.25) is 0 Å². The molecule has 26 heavy (non-hydrogen) atoms. The van der Waals surface area contributed by atoms with E-state index in [1.807, 2.05) is 30.5 Å². The Balaban J connectivity index is 1.67. The largest absolute Gasteiger partial charge is 0.322 e. The van der Waals surface area contributed by atoms with Crippen LogP contribution in [0.3, 0.4) is 0 Å². The molecule has 0 radical (unpaired) electrons. The van der Waals surface area contributed by atoms with Gasteiger partial charge in [0.25, 0.3) is 11.8 Å². The zero-order valence-corrected chi connectivity index (χ0v) is 15.0. The van der Waals surface area contributed by atoms with Crippen LogP contribution in [0.15, 0.2) is 24.5 Å². The molecule has 1 aromatic carbocycles. The molecule has 2 fully saturated rings. The summed E-state index contributed by atoms with van der Waals surface area (Å²) in [4.78, 5) is 14.3. The zero-order valence-electron chi connectivity index (χ0n) is 15.0. The second kappa shape index (κ2) is 6.14. The van der Waals surface area contributed by atoms with Crippen LogP contribution < -0.4 is 0 Å². The monoisotopic (exact) mass is 360 g/mol. The van der Waals surface area contributed by atoms with Crippen molar-refractivity contribution in [2.24, 2.45) is 5.92 Å². The number of aryl methyl sites for hydroxylation is 2. The average Bonchev–Trinajstić information content (AvgIpc) is 3.15. The number of likely N-dealkylation sites (tertiary alicyclic amines) is 1. The smallest absolute Gasteiger partial charge is 0.267 e. The fourth-order valence-electron chi connectivity index (χ4n) is 3.71. The summed E-state index contributed by atoms with van der Waals surface area (Å²) in [5, 5.41) is 8.01. The Morgan fingerprint density at radius 1 is 1.31 bits per heavy atom. The highest BCUT2D eigenvalue weighted by molar-refractivity contribution is 5.96. The third kappa shape index (κ3) is 3.22. The highest BCUT2D eigenvalue weighted by atomic mass is 19.3. The van der Waals surface area contributed by atoms with Gasteiger partial charge in [-0.25, -0.2) is 8.78 Å². The van der Waals surface area contributed by atoms with Crippen LogP contribution in [-0.4, -0.2) is 38.0 Å². The van der Waals surface area contributed by atoms with Crippen LogP contribution in [0.2, 0.25) is 0 Å². The predicted octanol–water partition coefficient (Wildman–Crippen LogP) is 3.53. The molecule has 0 spiro atoms. The molecule has 2 heterocycles. The van der Waals surface area contributed by atoms with Gasteiger partial charge in [0.15, 0.2) is 5.82 Å². The van der Waals surface area contributed by atoms with Gasteiger partial charge in [-0.05, 0) is 44.2 Å². The third-order valence-corrected chi connectivity index (χ3v) is 5.24. The van der Waals surface area contributed by atoms with E-state index in [0.717, 1.165) is 30.5 Å². The van der Waals surface area contributed by atoms with Gasteiger partial charge in [-0.2, -0.15) is 0 Å². The van der Waals surface area contributed by atoms with Crippen LogP contribution in [0.4, 0.5) is 8.78 Å². The third-order valence-electron chi connectivity index (χ3n) is 5.24. The van der Waals surface area contributed by atoms with E-state index < -0.39 is 24.9 Å². The quantitative estimate of drug-likeness (QED) is 0.838. The predicted molar refractivity (Wildman–Crippen MR) is 92.0 cm³/mol. The molecule has 4 rings (SSSR count). The molecule has 2 aromatic rings. The molecular weight excluding hydrogens is 338 g/mol. The number of aromatic nitrogens is 3. The van der Waals surface area contributed by atoms with Crippen LogP contribution in [0.25, 0.3) is 0 Å². The van der Waals surface area contributed by atoms with E-state index in [2.05, 4.69) is 10.2 Å². The summed E-state index contributed by atoms with van der Waals surface area (Å²) < 4.78 is 30.3. The fourth-order valence-corrected chi connectivity index (χ4v) is 3.71. The SMILES string of the molecule is Cc1ccc(C(=O)N2CC(F)(F)C[C@H]2c2nncn2CC2CC2)c(C)c1. The molecule has 7 heteroatoms. The Bertz CT molecular complexity index is 844. The second-order valence-electron chi connectivity index (χ2n) is 7.61. The molecule has 0 bridgehead atoms. The highest BCUT2D eigenvalue weighted by Crippen LogP contribution is 2.42. The van der Waals surface area contributed by atoms with Crippen LogP contribution in [0.5, 0.6) is 0 Å². The topological polar surface area (TPSA) is 51.0 Å². The number of nitrogens with zero attached hydrogens (tertiary/aromatic N) is 4. The standard InChI is InChI=1S/C19H22F2N4O/c1-12-3-6-15(13(2)7-12)18(26)25-10-19(20,21)8-16(25)17-23-22-11-24(17)9-14-4-5-14/h3,6-7,11,14,16H,4-5,8-10H2,1-2H3/t16-/m0/s1. The van der Waals surface area contributed by atoms with E-state index in [9.17, 15) is 13.6 Å². The summed E-state index contributed by atoms with van der Waals surface area (Å²) in [5.41, 5.74) is 2.29. The molecule has 2 aliphatic rings. The first-order chi connectivity index (χ1) is 12.3. The number of amides is 1. The lowest BCUT2D eigenvalue weighted by atomic mass is 10.0. The van der Waals surface area contributed by atoms with Crippen molar-refractivity contribution >= 4 is 5.91 Å². The van der Waals surface area contributed by atoms with Crippen molar-refractivity contribution < 1.29 is 13.6 Å². The molecule has 0 N–H and O–H groups in total. The molecule has 5 nitrogen and oxygen atoms in total. The van der Waals surface area contributed by atoms with Crippen molar-refractivity contribution in [3.63, 3.8) is 0 Å². The summed E-state index contributed by atoms with van der Waals surface area (Å²) >= 11 is 0. The Kier molecular flexibility index (Phi) is 4.04. The van der Waals surface area contributed by atoms with E-state index in [-0.39, 0.29) is 5.91 Å². The van der Waals surface area contributed by atoms with Gasteiger partial charge in [-0.15, -0.1) is 10.2 Å². The van der Waals surface area contributed by atoms with Gasteiger partial charge < -0.3 is 9.47 Å². The van der Waals surface area contributed by atoms with Crippen LogP contribution in [0, 0.1) is 19.8 Å². The van der Waals surface area contributed by atoms with Crippen molar-refractivity contribution in [3.8, 4) is 0 Å². The highest BCUT2D eigenvalue weighted by Gasteiger charge is 2.49. The minimum atomic E-state index is -2.92. The molecule has 138 valence electrons. The molecular formula is C19H22F2N4O. The number of hydrogen-bond acceptors (Lipinski definition) is 3. The first kappa shape index (κ1) is 17.1. The van der Waals surface area contributed by atoms with E-state index in [1.54, 1.807) is 12.4 Å². The molecule has 1 aliphatic carbocycles. The first-order valence-electron chi connectivity index (χ1n) is 8.98. The summed E-state index contributed by atoms with van der Waals surface area (Å²) in [6.07, 6.45) is 3.46. The lowest BCUT2D eigenvalue weighted by Gasteiger charge is -2.24.